The molecule has 0 amide bonds. The van der Waals surface area contributed by atoms with Gasteiger partial charge in [0.15, 0.2) is 0 Å². The lowest BCUT2D eigenvalue weighted by Gasteiger charge is -2.50. The number of hydrogen-bond acceptors (Lipinski definition) is 1. The molecule has 1 nitrogen and oxygen atoms in total. The minimum atomic E-state index is 0.598. The average Bonchev–Trinajstić information content (AvgIpc) is 2.63. The Hall–Kier alpha value is -0.0400. The summed E-state index contributed by atoms with van der Waals surface area (Å²) < 4.78 is 6.28. The summed E-state index contributed by atoms with van der Waals surface area (Å²) >= 11 is 0. The van der Waals surface area contributed by atoms with Crippen LogP contribution in [0.2, 0.25) is 0 Å². The Balaban J connectivity index is 1.38. The molecule has 0 aromatic rings. The van der Waals surface area contributed by atoms with Crippen molar-refractivity contribution in [3.8, 4) is 0 Å². The molecule has 1 heteroatoms. The van der Waals surface area contributed by atoms with E-state index in [-0.39, 0.29) is 0 Å². The molecule has 3 rings (SSSR count). The van der Waals surface area contributed by atoms with Crippen LogP contribution in [0.15, 0.2) is 0 Å². The van der Waals surface area contributed by atoms with Crippen molar-refractivity contribution < 1.29 is 4.74 Å². The van der Waals surface area contributed by atoms with Crippen molar-refractivity contribution in [3.63, 3.8) is 0 Å². The second-order valence-corrected chi connectivity index (χ2v) is 9.23. The van der Waals surface area contributed by atoms with Gasteiger partial charge in [-0.25, -0.2) is 0 Å². The van der Waals surface area contributed by atoms with Gasteiger partial charge >= 0.3 is 0 Å². The quantitative estimate of drug-likeness (QED) is 0.434. The van der Waals surface area contributed by atoms with Crippen LogP contribution in [0.4, 0.5) is 0 Å². The normalized spacial score (nSPS) is 39.2. The van der Waals surface area contributed by atoms with Crippen LogP contribution in [0.25, 0.3) is 0 Å². The van der Waals surface area contributed by atoms with Crippen LogP contribution in [0.1, 0.15) is 104 Å². The third-order valence-corrected chi connectivity index (χ3v) is 7.78. The molecule has 0 saturated heterocycles. The molecule has 0 aliphatic heterocycles. The van der Waals surface area contributed by atoms with Gasteiger partial charge in [0.2, 0.25) is 0 Å². The third-order valence-electron chi connectivity index (χ3n) is 7.78. The predicted molar refractivity (Wildman–Crippen MR) is 103 cm³/mol. The van der Waals surface area contributed by atoms with Gasteiger partial charge in [-0.2, -0.15) is 0 Å². The SMILES string of the molecule is CCCCCCCOC1CCC2C(CCC3CC(CC)CCC32)C1. The van der Waals surface area contributed by atoms with Crippen molar-refractivity contribution in [3.05, 3.63) is 0 Å². The molecule has 0 bridgehead atoms. The highest BCUT2D eigenvalue weighted by atomic mass is 16.5. The molecule has 0 spiro atoms. The van der Waals surface area contributed by atoms with Crippen molar-refractivity contribution in [1.29, 1.82) is 0 Å². The van der Waals surface area contributed by atoms with Gasteiger partial charge in [-0.1, -0.05) is 52.4 Å². The molecule has 6 atom stereocenters. The summed E-state index contributed by atoms with van der Waals surface area (Å²) in [5, 5.41) is 0. The van der Waals surface area contributed by atoms with Crippen molar-refractivity contribution in [1.82, 2.24) is 0 Å². The van der Waals surface area contributed by atoms with Crippen LogP contribution >= 0.6 is 0 Å². The molecular formula is C23H42O. The third kappa shape index (κ3) is 4.77. The summed E-state index contributed by atoms with van der Waals surface area (Å²) in [5.74, 6) is 5.28. The zero-order valence-corrected chi connectivity index (χ0v) is 16.5. The van der Waals surface area contributed by atoms with Gasteiger partial charge in [0, 0.05) is 6.61 Å². The molecule has 24 heavy (non-hydrogen) atoms. The van der Waals surface area contributed by atoms with E-state index in [4.69, 9.17) is 4.74 Å². The maximum Gasteiger partial charge on any atom is 0.0578 e. The lowest BCUT2D eigenvalue weighted by Crippen LogP contribution is -2.42. The monoisotopic (exact) mass is 334 g/mol. The summed E-state index contributed by atoms with van der Waals surface area (Å²) in [6.07, 6.45) is 20.7. The molecule has 3 saturated carbocycles. The second kappa shape index (κ2) is 9.60. The molecule has 140 valence electrons. The van der Waals surface area contributed by atoms with Crippen LogP contribution in [-0.2, 0) is 4.74 Å². The summed E-state index contributed by atoms with van der Waals surface area (Å²) in [4.78, 5) is 0. The van der Waals surface area contributed by atoms with Crippen LogP contribution in [0.3, 0.4) is 0 Å². The molecule has 0 aromatic heterocycles. The molecule has 0 radical (unpaired) electrons. The first-order chi connectivity index (χ1) is 11.8. The number of rotatable bonds is 8. The minimum absolute atomic E-state index is 0.598. The van der Waals surface area contributed by atoms with Crippen LogP contribution < -0.4 is 0 Å². The Kier molecular flexibility index (Phi) is 7.50. The minimum Gasteiger partial charge on any atom is -0.378 e. The molecule has 6 unspecified atom stereocenters. The zero-order chi connectivity index (χ0) is 16.8. The Morgan fingerprint density at radius 3 is 2.17 bits per heavy atom. The van der Waals surface area contributed by atoms with E-state index >= 15 is 0 Å². The first-order valence-electron chi connectivity index (χ1n) is 11.4. The van der Waals surface area contributed by atoms with Gasteiger partial charge in [-0.15, -0.1) is 0 Å². The largest absolute Gasteiger partial charge is 0.378 e. The molecule has 3 fully saturated rings. The Bertz CT molecular complexity index is 352. The summed E-state index contributed by atoms with van der Waals surface area (Å²) in [6.45, 7) is 5.72. The van der Waals surface area contributed by atoms with Crippen LogP contribution in [0, 0.1) is 29.6 Å². The van der Waals surface area contributed by atoms with Crippen molar-refractivity contribution in [2.24, 2.45) is 29.6 Å². The standard InChI is InChI=1S/C23H42O/c1-3-5-6-7-8-15-24-21-12-14-23-20(17-21)11-10-19-16-18(4-2)9-13-22(19)23/h18-23H,3-17H2,1-2H3. The molecule has 3 aliphatic rings. The molecule has 0 heterocycles. The van der Waals surface area contributed by atoms with Gasteiger partial charge in [-0.05, 0) is 81.0 Å². The van der Waals surface area contributed by atoms with Gasteiger partial charge in [-0.3, -0.25) is 0 Å². The summed E-state index contributed by atoms with van der Waals surface area (Å²) in [7, 11) is 0. The summed E-state index contributed by atoms with van der Waals surface area (Å²) in [6, 6.07) is 0. The lowest BCUT2D eigenvalue weighted by atomic mass is 9.56. The topological polar surface area (TPSA) is 9.23 Å². The Labute approximate surface area is 151 Å². The van der Waals surface area contributed by atoms with E-state index in [0.29, 0.717) is 6.10 Å². The van der Waals surface area contributed by atoms with Gasteiger partial charge in [0.25, 0.3) is 0 Å². The molecule has 0 N–H and O–H groups in total. The molecule has 3 aliphatic carbocycles. The molecular weight excluding hydrogens is 292 g/mol. The fourth-order valence-corrected chi connectivity index (χ4v) is 6.33. The fourth-order valence-electron chi connectivity index (χ4n) is 6.33. The smallest absolute Gasteiger partial charge is 0.0578 e. The number of fused-ring (bicyclic) bond motifs is 3. The second-order valence-electron chi connectivity index (χ2n) is 9.23. The highest BCUT2D eigenvalue weighted by Gasteiger charge is 2.44. The van der Waals surface area contributed by atoms with E-state index in [1.807, 2.05) is 0 Å². The van der Waals surface area contributed by atoms with Crippen molar-refractivity contribution in [2.45, 2.75) is 110 Å². The highest BCUT2D eigenvalue weighted by molar-refractivity contribution is 4.94. The maximum absolute atomic E-state index is 6.28. The van der Waals surface area contributed by atoms with Gasteiger partial charge in [0.1, 0.15) is 0 Å². The lowest BCUT2D eigenvalue weighted by molar-refractivity contribution is -0.0536. The number of hydrogen-bond donors (Lipinski definition) is 0. The van der Waals surface area contributed by atoms with Gasteiger partial charge in [0.05, 0.1) is 6.10 Å². The molecule has 0 aromatic carbocycles. The predicted octanol–water partition coefficient (Wildman–Crippen LogP) is 6.99. The van der Waals surface area contributed by atoms with Crippen molar-refractivity contribution >= 4 is 0 Å². The van der Waals surface area contributed by atoms with Crippen molar-refractivity contribution in [2.75, 3.05) is 6.61 Å². The first kappa shape index (κ1) is 18.7. The van der Waals surface area contributed by atoms with E-state index < -0.39 is 0 Å². The first-order valence-corrected chi connectivity index (χ1v) is 11.4. The Morgan fingerprint density at radius 2 is 1.42 bits per heavy atom. The van der Waals surface area contributed by atoms with E-state index in [2.05, 4.69) is 13.8 Å². The maximum atomic E-state index is 6.28. The van der Waals surface area contributed by atoms with Gasteiger partial charge < -0.3 is 4.74 Å². The number of unbranched alkanes of at least 4 members (excludes halogenated alkanes) is 4. The van der Waals surface area contributed by atoms with Crippen LogP contribution in [-0.4, -0.2) is 12.7 Å². The summed E-state index contributed by atoms with van der Waals surface area (Å²) in [5.41, 5.74) is 0. The highest BCUT2D eigenvalue weighted by Crippen LogP contribution is 2.53. The van der Waals surface area contributed by atoms with E-state index in [9.17, 15) is 0 Å². The average molecular weight is 335 g/mol. The zero-order valence-electron chi connectivity index (χ0n) is 16.5. The van der Waals surface area contributed by atoms with E-state index in [1.165, 1.54) is 77.0 Å². The fraction of sp³-hybridized carbons (Fsp3) is 1.00. The van der Waals surface area contributed by atoms with E-state index in [0.717, 1.165) is 36.2 Å². The number of ether oxygens (including phenoxy) is 1. The Morgan fingerprint density at radius 1 is 0.708 bits per heavy atom. The van der Waals surface area contributed by atoms with Crippen LogP contribution in [0.5, 0.6) is 0 Å². The van der Waals surface area contributed by atoms with E-state index in [1.54, 1.807) is 12.8 Å².